The van der Waals surface area contributed by atoms with Crippen molar-refractivity contribution in [1.82, 2.24) is 0 Å². The Labute approximate surface area is 132 Å². The highest BCUT2D eigenvalue weighted by Gasteiger charge is 2.51. The predicted molar refractivity (Wildman–Crippen MR) is 90.4 cm³/mol. The first-order valence-electron chi connectivity index (χ1n) is 8.82. The lowest BCUT2D eigenvalue weighted by molar-refractivity contribution is -0.00512. The van der Waals surface area contributed by atoms with E-state index in [1.165, 1.54) is 49.3 Å². The molecule has 0 radical (unpaired) electrons. The largest absolute Gasteiger partial charge is 0.497 e. The first-order chi connectivity index (χ1) is 10.7. The van der Waals surface area contributed by atoms with E-state index in [4.69, 9.17) is 4.74 Å². The van der Waals surface area contributed by atoms with Gasteiger partial charge in [0.15, 0.2) is 0 Å². The van der Waals surface area contributed by atoms with E-state index in [-0.39, 0.29) is 0 Å². The minimum Gasteiger partial charge on any atom is -0.497 e. The zero-order valence-corrected chi connectivity index (χ0v) is 13.3. The lowest BCUT2D eigenvalue weighted by atomic mass is 9.48. The molecule has 114 valence electrons. The van der Waals surface area contributed by atoms with Crippen molar-refractivity contribution < 1.29 is 4.74 Å². The van der Waals surface area contributed by atoms with Crippen molar-refractivity contribution >= 4 is 10.8 Å². The Kier molecular flexibility index (Phi) is 2.66. The zero-order valence-electron chi connectivity index (χ0n) is 13.3. The molecule has 0 aromatic heterocycles. The van der Waals surface area contributed by atoms with E-state index in [2.05, 4.69) is 36.4 Å². The molecule has 1 heteroatoms. The van der Waals surface area contributed by atoms with Gasteiger partial charge in [-0.05, 0) is 90.2 Å². The second-order valence-electron chi connectivity index (χ2n) is 8.13. The monoisotopic (exact) mass is 292 g/mol. The zero-order chi connectivity index (χ0) is 14.7. The van der Waals surface area contributed by atoms with Gasteiger partial charge in [0.25, 0.3) is 0 Å². The molecule has 4 fully saturated rings. The second-order valence-corrected chi connectivity index (χ2v) is 8.13. The van der Waals surface area contributed by atoms with E-state index in [0.717, 1.165) is 23.5 Å². The molecule has 0 aliphatic heterocycles. The third-order valence-electron chi connectivity index (χ3n) is 6.70. The Bertz CT molecular complexity index is 694. The maximum absolute atomic E-state index is 5.35. The second kappa shape index (κ2) is 4.50. The summed E-state index contributed by atoms with van der Waals surface area (Å²) >= 11 is 0. The van der Waals surface area contributed by atoms with Crippen LogP contribution in [0.15, 0.2) is 36.4 Å². The van der Waals surface area contributed by atoms with Gasteiger partial charge in [-0.1, -0.05) is 24.3 Å². The van der Waals surface area contributed by atoms with Crippen molar-refractivity contribution in [2.45, 2.75) is 43.9 Å². The normalized spacial score (nSPS) is 36.0. The van der Waals surface area contributed by atoms with Gasteiger partial charge in [0.2, 0.25) is 0 Å². The van der Waals surface area contributed by atoms with Crippen molar-refractivity contribution in [2.24, 2.45) is 17.8 Å². The molecule has 4 aliphatic rings. The van der Waals surface area contributed by atoms with Crippen molar-refractivity contribution in [2.75, 3.05) is 7.11 Å². The molecule has 4 aliphatic carbocycles. The third-order valence-corrected chi connectivity index (χ3v) is 6.70. The Balaban J connectivity index is 1.59. The molecule has 2 aromatic rings. The van der Waals surface area contributed by atoms with E-state index in [1.54, 1.807) is 12.7 Å². The quantitative estimate of drug-likeness (QED) is 0.728. The number of rotatable bonds is 2. The summed E-state index contributed by atoms with van der Waals surface area (Å²) in [6, 6.07) is 13.7. The average molecular weight is 292 g/mol. The van der Waals surface area contributed by atoms with Crippen LogP contribution in [0.4, 0.5) is 0 Å². The number of hydrogen-bond donors (Lipinski definition) is 0. The summed E-state index contributed by atoms with van der Waals surface area (Å²) < 4.78 is 5.35. The van der Waals surface area contributed by atoms with Gasteiger partial charge in [0.05, 0.1) is 7.11 Å². The average Bonchev–Trinajstić information content (AvgIpc) is 2.52. The SMILES string of the molecule is COc1ccc2cc(C34CC5CC(CC(C5)C3)C4)ccc2c1. The summed E-state index contributed by atoms with van der Waals surface area (Å²) in [7, 11) is 1.74. The molecule has 2 aromatic carbocycles. The summed E-state index contributed by atoms with van der Waals surface area (Å²) in [4.78, 5) is 0. The van der Waals surface area contributed by atoms with Crippen molar-refractivity contribution in [3.05, 3.63) is 42.0 Å². The third kappa shape index (κ3) is 1.84. The molecule has 22 heavy (non-hydrogen) atoms. The Morgan fingerprint density at radius 2 is 1.41 bits per heavy atom. The number of benzene rings is 2. The van der Waals surface area contributed by atoms with E-state index in [9.17, 15) is 0 Å². The van der Waals surface area contributed by atoms with E-state index >= 15 is 0 Å². The van der Waals surface area contributed by atoms with Crippen LogP contribution in [0.25, 0.3) is 10.8 Å². The van der Waals surface area contributed by atoms with Gasteiger partial charge in [-0.15, -0.1) is 0 Å². The van der Waals surface area contributed by atoms with Crippen molar-refractivity contribution in [3.63, 3.8) is 0 Å². The van der Waals surface area contributed by atoms with Crippen molar-refractivity contribution in [1.29, 1.82) is 0 Å². The molecule has 0 atom stereocenters. The Morgan fingerprint density at radius 1 is 0.818 bits per heavy atom. The van der Waals surface area contributed by atoms with Crippen molar-refractivity contribution in [3.8, 4) is 5.75 Å². The highest BCUT2D eigenvalue weighted by Crippen LogP contribution is 2.60. The van der Waals surface area contributed by atoms with Gasteiger partial charge in [-0.2, -0.15) is 0 Å². The number of ether oxygens (including phenoxy) is 1. The summed E-state index contributed by atoms with van der Waals surface area (Å²) in [5, 5.41) is 2.67. The molecular formula is C21H24O. The number of fused-ring (bicyclic) bond motifs is 1. The smallest absolute Gasteiger partial charge is 0.119 e. The summed E-state index contributed by atoms with van der Waals surface area (Å²) in [5.74, 6) is 3.99. The van der Waals surface area contributed by atoms with Crippen LogP contribution in [-0.2, 0) is 5.41 Å². The Hall–Kier alpha value is -1.50. The topological polar surface area (TPSA) is 9.23 Å². The first kappa shape index (κ1) is 13.0. The molecule has 4 saturated carbocycles. The molecule has 1 nitrogen and oxygen atoms in total. The van der Waals surface area contributed by atoms with Crippen LogP contribution in [0.5, 0.6) is 5.75 Å². The lowest BCUT2D eigenvalue weighted by Crippen LogP contribution is -2.48. The van der Waals surface area contributed by atoms with Crippen LogP contribution in [0, 0.1) is 17.8 Å². The predicted octanol–water partition coefficient (Wildman–Crippen LogP) is 5.32. The van der Waals surface area contributed by atoms with Gasteiger partial charge < -0.3 is 4.74 Å². The summed E-state index contributed by atoms with van der Waals surface area (Å²) in [6.07, 6.45) is 8.89. The fourth-order valence-electron chi connectivity index (χ4n) is 6.14. The van der Waals surface area contributed by atoms with Crippen LogP contribution >= 0.6 is 0 Å². The fourth-order valence-corrected chi connectivity index (χ4v) is 6.14. The molecule has 4 bridgehead atoms. The van der Waals surface area contributed by atoms with Crippen LogP contribution in [-0.4, -0.2) is 7.11 Å². The summed E-state index contributed by atoms with van der Waals surface area (Å²) in [6.45, 7) is 0. The van der Waals surface area contributed by atoms with Crippen LogP contribution in [0.3, 0.4) is 0 Å². The lowest BCUT2D eigenvalue weighted by Gasteiger charge is -2.57. The molecule has 0 N–H and O–H groups in total. The van der Waals surface area contributed by atoms with E-state index in [1.807, 2.05) is 0 Å². The van der Waals surface area contributed by atoms with Gasteiger partial charge >= 0.3 is 0 Å². The molecule has 0 amide bonds. The molecular weight excluding hydrogens is 268 g/mol. The molecule has 0 unspecified atom stereocenters. The minimum absolute atomic E-state index is 0.503. The highest BCUT2D eigenvalue weighted by molar-refractivity contribution is 5.84. The molecule has 0 heterocycles. The maximum atomic E-state index is 5.35. The van der Waals surface area contributed by atoms with E-state index < -0.39 is 0 Å². The van der Waals surface area contributed by atoms with Gasteiger partial charge in [0.1, 0.15) is 5.75 Å². The number of methoxy groups -OCH3 is 1. The first-order valence-corrected chi connectivity index (χ1v) is 8.82. The molecule has 6 rings (SSSR count). The van der Waals surface area contributed by atoms with Gasteiger partial charge in [-0.3, -0.25) is 0 Å². The molecule has 0 saturated heterocycles. The van der Waals surface area contributed by atoms with Gasteiger partial charge in [-0.25, -0.2) is 0 Å². The number of hydrogen-bond acceptors (Lipinski definition) is 1. The Morgan fingerprint density at radius 3 is 2.05 bits per heavy atom. The van der Waals surface area contributed by atoms with Gasteiger partial charge in [0, 0.05) is 0 Å². The molecule has 0 spiro atoms. The minimum atomic E-state index is 0.503. The summed E-state index contributed by atoms with van der Waals surface area (Å²) in [5.41, 5.74) is 2.12. The highest BCUT2D eigenvalue weighted by atomic mass is 16.5. The van der Waals surface area contributed by atoms with Crippen LogP contribution in [0.2, 0.25) is 0 Å². The maximum Gasteiger partial charge on any atom is 0.119 e. The van der Waals surface area contributed by atoms with Crippen LogP contribution in [0.1, 0.15) is 44.1 Å². The standard InChI is InChI=1S/C21H24O/c1-22-20-5-3-17-9-19(4-2-18(17)10-20)21-11-14-6-15(12-21)8-16(7-14)13-21/h2-5,9-10,14-16H,6-8,11-13H2,1H3. The van der Waals surface area contributed by atoms with Crippen LogP contribution < -0.4 is 4.74 Å². The van der Waals surface area contributed by atoms with E-state index in [0.29, 0.717) is 5.41 Å². The fraction of sp³-hybridized carbons (Fsp3) is 0.524.